The molecule has 1 aliphatic heterocycles. The molecular weight excluding hydrogens is 344 g/mol. The zero-order valence-corrected chi connectivity index (χ0v) is 13.4. The smallest absolute Gasteiger partial charge is 0.0320 e. The lowest BCUT2D eigenvalue weighted by Gasteiger charge is -2.37. The second kappa shape index (κ2) is 5.83. The maximum absolute atomic E-state index is 3.56. The van der Waals surface area contributed by atoms with E-state index in [1.807, 2.05) is 0 Å². The summed E-state index contributed by atoms with van der Waals surface area (Å²) in [5, 5.41) is 3.51. The summed E-state index contributed by atoms with van der Waals surface area (Å²) in [6.07, 6.45) is 0. The van der Waals surface area contributed by atoms with Crippen molar-refractivity contribution in [3.8, 4) is 0 Å². The van der Waals surface area contributed by atoms with Crippen LogP contribution in [0.4, 0.5) is 0 Å². The molecule has 1 heterocycles. The predicted octanol–water partition coefficient (Wildman–Crippen LogP) is 3.39. The van der Waals surface area contributed by atoms with Gasteiger partial charge in [-0.3, -0.25) is 4.90 Å². The number of halogens is 2. The molecule has 1 N–H and O–H groups in total. The van der Waals surface area contributed by atoms with E-state index in [4.69, 9.17) is 0 Å². The van der Waals surface area contributed by atoms with Gasteiger partial charge in [0, 0.05) is 40.7 Å². The molecule has 2 nitrogen and oxygen atoms in total. The van der Waals surface area contributed by atoms with Crippen molar-refractivity contribution in [2.75, 3.05) is 13.1 Å². The fourth-order valence-corrected chi connectivity index (χ4v) is 2.86. The molecule has 2 atom stereocenters. The van der Waals surface area contributed by atoms with E-state index >= 15 is 0 Å². The van der Waals surface area contributed by atoms with Gasteiger partial charge in [-0.1, -0.05) is 6.07 Å². The molecule has 1 aromatic carbocycles. The number of nitrogens with one attached hydrogen (secondary N) is 1. The van der Waals surface area contributed by atoms with Gasteiger partial charge in [-0.15, -0.1) is 0 Å². The normalized spacial score (nSPS) is 26.1. The molecule has 1 aromatic rings. The topological polar surface area (TPSA) is 15.3 Å². The predicted molar refractivity (Wildman–Crippen MR) is 79.2 cm³/mol. The Labute approximate surface area is 120 Å². The van der Waals surface area contributed by atoms with E-state index in [0.29, 0.717) is 12.1 Å². The molecule has 94 valence electrons. The van der Waals surface area contributed by atoms with Crippen molar-refractivity contribution in [3.05, 3.63) is 32.7 Å². The quantitative estimate of drug-likeness (QED) is 0.868. The highest BCUT2D eigenvalue weighted by molar-refractivity contribution is 9.13. The summed E-state index contributed by atoms with van der Waals surface area (Å²) in [6.45, 7) is 7.76. The molecular formula is C13H18Br2N2. The van der Waals surface area contributed by atoms with Crippen LogP contribution in [0.25, 0.3) is 0 Å². The van der Waals surface area contributed by atoms with Crippen LogP contribution in [-0.2, 0) is 6.54 Å². The Balaban J connectivity index is 2.06. The van der Waals surface area contributed by atoms with Crippen LogP contribution in [0.1, 0.15) is 19.4 Å². The van der Waals surface area contributed by atoms with Gasteiger partial charge in [0.25, 0.3) is 0 Å². The van der Waals surface area contributed by atoms with Crippen LogP contribution in [-0.4, -0.2) is 30.1 Å². The monoisotopic (exact) mass is 360 g/mol. The molecule has 2 unspecified atom stereocenters. The number of piperazine rings is 1. The third-order valence-electron chi connectivity index (χ3n) is 3.26. The third kappa shape index (κ3) is 3.53. The van der Waals surface area contributed by atoms with Crippen LogP contribution >= 0.6 is 31.9 Å². The Bertz CT molecular complexity index is 395. The first-order valence-electron chi connectivity index (χ1n) is 5.97. The molecule has 0 aliphatic carbocycles. The molecule has 1 fully saturated rings. The van der Waals surface area contributed by atoms with Gasteiger partial charge in [0.05, 0.1) is 0 Å². The van der Waals surface area contributed by atoms with Crippen molar-refractivity contribution in [2.24, 2.45) is 0 Å². The zero-order chi connectivity index (χ0) is 12.4. The summed E-state index contributed by atoms with van der Waals surface area (Å²) >= 11 is 7.07. The molecule has 0 spiro atoms. The summed E-state index contributed by atoms with van der Waals surface area (Å²) in [7, 11) is 0. The van der Waals surface area contributed by atoms with E-state index < -0.39 is 0 Å². The molecule has 4 heteroatoms. The molecule has 1 aliphatic rings. The van der Waals surface area contributed by atoms with Gasteiger partial charge < -0.3 is 5.32 Å². The lowest BCUT2D eigenvalue weighted by Crippen LogP contribution is -2.53. The first-order chi connectivity index (χ1) is 8.06. The molecule has 17 heavy (non-hydrogen) atoms. The Morgan fingerprint density at radius 2 is 2.06 bits per heavy atom. The third-order valence-corrected chi connectivity index (χ3v) is 5.14. The standard InChI is InChI=1S/C13H18Br2N2/c1-9-7-17(10(2)6-16-9)8-11-3-4-12(14)13(15)5-11/h3-5,9-10,16H,6-8H2,1-2H3. The number of hydrogen-bond acceptors (Lipinski definition) is 2. The van der Waals surface area contributed by atoms with Crippen molar-refractivity contribution in [3.63, 3.8) is 0 Å². The summed E-state index contributed by atoms with van der Waals surface area (Å²) in [4.78, 5) is 2.54. The van der Waals surface area contributed by atoms with Crippen LogP contribution in [0, 0.1) is 0 Å². The first-order valence-corrected chi connectivity index (χ1v) is 7.56. The van der Waals surface area contributed by atoms with Crippen LogP contribution in [0.5, 0.6) is 0 Å². The van der Waals surface area contributed by atoms with Gasteiger partial charge in [0.2, 0.25) is 0 Å². The largest absolute Gasteiger partial charge is 0.311 e. The van der Waals surface area contributed by atoms with Gasteiger partial charge >= 0.3 is 0 Å². The molecule has 0 saturated carbocycles. The summed E-state index contributed by atoms with van der Waals surface area (Å²) < 4.78 is 2.24. The van der Waals surface area contributed by atoms with Crippen molar-refractivity contribution in [1.82, 2.24) is 10.2 Å². The molecule has 0 radical (unpaired) electrons. The van der Waals surface area contributed by atoms with Crippen LogP contribution < -0.4 is 5.32 Å². The maximum atomic E-state index is 3.56. The maximum Gasteiger partial charge on any atom is 0.0320 e. The lowest BCUT2D eigenvalue weighted by molar-refractivity contribution is 0.139. The summed E-state index contributed by atoms with van der Waals surface area (Å²) in [5.74, 6) is 0. The molecule has 0 amide bonds. The highest BCUT2D eigenvalue weighted by atomic mass is 79.9. The SMILES string of the molecule is CC1CN(Cc2ccc(Br)c(Br)c2)C(C)CN1. The Hall–Kier alpha value is 0.1000. The second-order valence-corrected chi connectivity index (χ2v) is 6.54. The molecule has 0 bridgehead atoms. The number of rotatable bonds is 2. The highest BCUT2D eigenvalue weighted by Crippen LogP contribution is 2.25. The summed E-state index contributed by atoms with van der Waals surface area (Å²) in [5.41, 5.74) is 1.36. The Kier molecular flexibility index (Phi) is 4.64. The molecule has 2 rings (SSSR count). The van der Waals surface area contributed by atoms with Crippen molar-refractivity contribution in [1.29, 1.82) is 0 Å². The minimum atomic E-state index is 0.588. The van der Waals surface area contributed by atoms with Gasteiger partial charge in [0.15, 0.2) is 0 Å². The minimum absolute atomic E-state index is 0.588. The highest BCUT2D eigenvalue weighted by Gasteiger charge is 2.22. The fourth-order valence-electron chi connectivity index (χ4n) is 2.19. The Morgan fingerprint density at radius 3 is 2.76 bits per heavy atom. The van der Waals surface area contributed by atoms with Crippen LogP contribution in [0.3, 0.4) is 0 Å². The van der Waals surface area contributed by atoms with E-state index in [-0.39, 0.29) is 0 Å². The molecule has 1 saturated heterocycles. The number of hydrogen-bond donors (Lipinski definition) is 1. The fraction of sp³-hybridized carbons (Fsp3) is 0.538. The van der Waals surface area contributed by atoms with Gasteiger partial charge in [-0.05, 0) is 63.4 Å². The van der Waals surface area contributed by atoms with Crippen LogP contribution in [0.2, 0.25) is 0 Å². The van der Waals surface area contributed by atoms with Crippen LogP contribution in [0.15, 0.2) is 27.1 Å². The van der Waals surface area contributed by atoms with E-state index in [2.05, 4.69) is 74.1 Å². The van der Waals surface area contributed by atoms with E-state index in [1.165, 1.54) is 5.56 Å². The zero-order valence-electron chi connectivity index (χ0n) is 10.2. The van der Waals surface area contributed by atoms with Gasteiger partial charge in [0.1, 0.15) is 0 Å². The molecule has 0 aromatic heterocycles. The summed E-state index contributed by atoms with van der Waals surface area (Å²) in [6, 6.07) is 7.69. The Morgan fingerprint density at radius 1 is 1.29 bits per heavy atom. The second-order valence-electron chi connectivity index (χ2n) is 4.84. The van der Waals surface area contributed by atoms with Crippen molar-refractivity contribution < 1.29 is 0 Å². The van der Waals surface area contributed by atoms with Gasteiger partial charge in [-0.2, -0.15) is 0 Å². The van der Waals surface area contributed by atoms with Crippen molar-refractivity contribution in [2.45, 2.75) is 32.5 Å². The van der Waals surface area contributed by atoms with E-state index in [1.54, 1.807) is 0 Å². The van der Waals surface area contributed by atoms with Gasteiger partial charge in [-0.25, -0.2) is 0 Å². The van der Waals surface area contributed by atoms with E-state index in [0.717, 1.165) is 28.6 Å². The number of nitrogens with zero attached hydrogens (tertiary/aromatic N) is 1. The van der Waals surface area contributed by atoms with Crippen molar-refractivity contribution >= 4 is 31.9 Å². The van der Waals surface area contributed by atoms with E-state index in [9.17, 15) is 0 Å². The first kappa shape index (κ1) is 13.5. The minimum Gasteiger partial charge on any atom is -0.311 e. The average Bonchev–Trinajstić information content (AvgIpc) is 2.29. The lowest BCUT2D eigenvalue weighted by atomic mass is 10.1. The number of benzene rings is 1. The average molecular weight is 362 g/mol.